The van der Waals surface area contributed by atoms with Crippen molar-refractivity contribution in [3.8, 4) is 0 Å². The minimum Gasteiger partial charge on any atom is -0.360 e. The van der Waals surface area contributed by atoms with E-state index in [9.17, 15) is 4.79 Å². The molecule has 0 N–H and O–H groups in total. The summed E-state index contributed by atoms with van der Waals surface area (Å²) in [6.07, 6.45) is 4.92. The second-order valence-corrected chi connectivity index (χ2v) is 7.12. The zero-order valence-corrected chi connectivity index (χ0v) is 15.1. The maximum Gasteiger partial charge on any atom is 0.168 e. The molecule has 4 nitrogen and oxygen atoms in total. The van der Waals surface area contributed by atoms with Crippen LogP contribution in [0.25, 0.3) is 0 Å². The van der Waals surface area contributed by atoms with Crippen LogP contribution in [0.1, 0.15) is 41.6 Å². The Morgan fingerprint density at radius 3 is 3.00 bits per heavy atom. The number of ketones is 1. The molecule has 1 aliphatic heterocycles. The molecule has 24 heavy (non-hydrogen) atoms. The molecular weight excluding hydrogens is 320 g/mol. The third-order valence-corrected chi connectivity index (χ3v) is 5.39. The number of Topliss-reactive ketones (excluding diaryl/α,β-unsaturated/α-hetero) is 1. The highest BCUT2D eigenvalue weighted by Gasteiger charge is 2.28. The molecule has 0 saturated carbocycles. The molecule has 0 aliphatic carbocycles. The van der Waals surface area contributed by atoms with E-state index in [1.54, 1.807) is 11.8 Å². The van der Waals surface area contributed by atoms with Crippen LogP contribution in [0.15, 0.2) is 39.8 Å². The Morgan fingerprint density at radius 2 is 2.25 bits per heavy atom. The number of piperidine rings is 1. The second-order valence-electron chi connectivity index (χ2n) is 6.28. The SMILES string of the molecule is CCc1cc(CN2CCC[C@@H](C(=O)c3ccccc3SC)C2)on1. The lowest BCUT2D eigenvalue weighted by Crippen LogP contribution is -2.38. The summed E-state index contributed by atoms with van der Waals surface area (Å²) in [4.78, 5) is 16.3. The number of benzene rings is 1. The van der Waals surface area contributed by atoms with Crippen molar-refractivity contribution in [2.24, 2.45) is 5.92 Å². The van der Waals surface area contributed by atoms with E-state index in [1.807, 2.05) is 36.6 Å². The molecule has 128 valence electrons. The third-order valence-electron chi connectivity index (χ3n) is 4.60. The lowest BCUT2D eigenvalue weighted by molar-refractivity contribution is 0.0796. The summed E-state index contributed by atoms with van der Waals surface area (Å²) >= 11 is 1.64. The predicted molar refractivity (Wildman–Crippen MR) is 96.4 cm³/mol. The van der Waals surface area contributed by atoms with E-state index in [0.717, 1.165) is 60.8 Å². The maximum absolute atomic E-state index is 13.0. The van der Waals surface area contributed by atoms with Gasteiger partial charge in [0.1, 0.15) is 0 Å². The molecule has 0 amide bonds. The van der Waals surface area contributed by atoms with Crippen molar-refractivity contribution in [3.05, 3.63) is 47.3 Å². The smallest absolute Gasteiger partial charge is 0.168 e. The van der Waals surface area contributed by atoms with Crippen LogP contribution >= 0.6 is 11.8 Å². The summed E-state index contributed by atoms with van der Waals surface area (Å²) in [5.74, 6) is 1.24. The fourth-order valence-electron chi connectivity index (χ4n) is 3.30. The van der Waals surface area contributed by atoms with Crippen molar-refractivity contribution >= 4 is 17.5 Å². The first-order valence-corrected chi connectivity index (χ1v) is 9.77. The molecule has 0 spiro atoms. The Kier molecular flexibility index (Phi) is 5.74. The van der Waals surface area contributed by atoms with Gasteiger partial charge in [-0.05, 0) is 38.1 Å². The molecule has 3 rings (SSSR count). The molecule has 5 heteroatoms. The van der Waals surface area contributed by atoms with E-state index in [0.29, 0.717) is 0 Å². The number of carbonyl (C=O) groups excluding carboxylic acids is 1. The molecule has 2 aromatic rings. The molecule has 1 saturated heterocycles. The molecule has 1 atom stereocenters. The molecule has 0 bridgehead atoms. The quantitative estimate of drug-likeness (QED) is 0.584. The first-order valence-electron chi connectivity index (χ1n) is 8.55. The lowest BCUT2D eigenvalue weighted by Gasteiger charge is -2.31. The Labute approximate surface area is 147 Å². The van der Waals surface area contributed by atoms with Crippen LogP contribution in [-0.2, 0) is 13.0 Å². The molecule has 1 aliphatic rings. The van der Waals surface area contributed by atoms with Crippen LogP contribution in [0.5, 0.6) is 0 Å². The van der Waals surface area contributed by atoms with Gasteiger partial charge in [0.2, 0.25) is 0 Å². The summed E-state index contributed by atoms with van der Waals surface area (Å²) in [6, 6.07) is 9.95. The Bertz CT molecular complexity index is 698. The number of likely N-dealkylation sites (tertiary alicyclic amines) is 1. The van der Waals surface area contributed by atoms with Gasteiger partial charge < -0.3 is 4.52 Å². The summed E-state index contributed by atoms with van der Waals surface area (Å²) in [7, 11) is 0. The fourth-order valence-corrected chi connectivity index (χ4v) is 3.90. The minimum absolute atomic E-state index is 0.0700. The molecule has 2 heterocycles. The highest BCUT2D eigenvalue weighted by atomic mass is 32.2. The van der Waals surface area contributed by atoms with E-state index >= 15 is 0 Å². The topological polar surface area (TPSA) is 46.3 Å². The van der Waals surface area contributed by atoms with Gasteiger partial charge in [0.05, 0.1) is 12.2 Å². The number of hydrogen-bond donors (Lipinski definition) is 0. The number of aryl methyl sites for hydroxylation is 1. The molecular formula is C19H24N2O2S. The summed E-state index contributed by atoms with van der Waals surface area (Å²) < 4.78 is 5.40. The number of aromatic nitrogens is 1. The van der Waals surface area contributed by atoms with Gasteiger partial charge in [0.15, 0.2) is 11.5 Å². The molecule has 1 aromatic heterocycles. The van der Waals surface area contributed by atoms with Gasteiger partial charge in [-0.2, -0.15) is 0 Å². The average Bonchev–Trinajstić information content (AvgIpc) is 3.09. The van der Waals surface area contributed by atoms with Crippen molar-refractivity contribution in [3.63, 3.8) is 0 Å². The highest BCUT2D eigenvalue weighted by molar-refractivity contribution is 7.98. The Balaban J connectivity index is 1.67. The molecule has 1 fully saturated rings. The van der Waals surface area contributed by atoms with Crippen LogP contribution in [0.4, 0.5) is 0 Å². The molecule has 0 radical (unpaired) electrons. The van der Waals surface area contributed by atoms with Gasteiger partial charge in [0, 0.05) is 29.0 Å². The van der Waals surface area contributed by atoms with Gasteiger partial charge in [-0.1, -0.05) is 30.3 Å². The zero-order chi connectivity index (χ0) is 16.9. The first-order chi connectivity index (χ1) is 11.7. The normalized spacial score (nSPS) is 18.7. The number of thioether (sulfide) groups is 1. The lowest BCUT2D eigenvalue weighted by atomic mass is 9.90. The van der Waals surface area contributed by atoms with Crippen LogP contribution in [0, 0.1) is 5.92 Å². The number of nitrogens with zero attached hydrogens (tertiary/aromatic N) is 2. The van der Waals surface area contributed by atoms with Gasteiger partial charge >= 0.3 is 0 Å². The largest absolute Gasteiger partial charge is 0.360 e. The van der Waals surface area contributed by atoms with Crippen molar-refractivity contribution in [1.82, 2.24) is 10.1 Å². The van der Waals surface area contributed by atoms with E-state index < -0.39 is 0 Å². The Hall–Kier alpha value is -1.59. The van der Waals surface area contributed by atoms with Gasteiger partial charge in [-0.25, -0.2) is 0 Å². The minimum atomic E-state index is 0.0700. The summed E-state index contributed by atoms with van der Waals surface area (Å²) in [5.41, 5.74) is 1.85. The van der Waals surface area contributed by atoms with E-state index in [-0.39, 0.29) is 11.7 Å². The standard InChI is InChI=1S/C19H24N2O2S/c1-3-15-11-16(23-20-15)13-21-10-6-7-14(12-21)19(22)17-8-4-5-9-18(17)24-2/h4-5,8-9,11,14H,3,6-7,10,12-13H2,1-2H3/t14-/m1/s1. The predicted octanol–water partition coefficient (Wildman–Crippen LogP) is 4.05. The first kappa shape index (κ1) is 17.2. The number of hydrogen-bond acceptors (Lipinski definition) is 5. The molecule has 0 unspecified atom stereocenters. The Morgan fingerprint density at radius 1 is 1.42 bits per heavy atom. The van der Waals surface area contributed by atoms with Crippen molar-refractivity contribution in [2.75, 3.05) is 19.3 Å². The monoisotopic (exact) mass is 344 g/mol. The van der Waals surface area contributed by atoms with E-state index in [2.05, 4.69) is 17.0 Å². The van der Waals surface area contributed by atoms with Gasteiger partial charge in [-0.15, -0.1) is 11.8 Å². The van der Waals surface area contributed by atoms with Gasteiger partial charge in [0.25, 0.3) is 0 Å². The van der Waals surface area contributed by atoms with Gasteiger partial charge in [-0.3, -0.25) is 9.69 Å². The van der Waals surface area contributed by atoms with E-state index in [1.165, 1.54) is 0 Å². The highest BCUT2D eigenvalue weighted by Crippen LogP contribution is 2.27. The van der Waals surface area contributed by atoms with Crippen molar-refractivity contribution in [2.45, 2.75) is 37.6 Å². The third kappa shape index (κ3) is 3.90. The maximum atomic E-state index is 13.0. The fraction of sp³-hybridized carbons (Fsp3) is 0.474. The van der Waals surface area contributed by atoms with Crippen LogP contribution < -0.4 is 0 Å². The molecule has 1 aromatic carbocycles. The van der Waals surface area contributed by atoms with Crippen LogP contribution in [-0.4, -0.2) is 35.2 Å². The number of carbonyl (C=O) groups is 1. The number of rotatable bonds is 6. The van der Waals surface area contributed by atoms with Crippen LogP contribution in [0.3, 0.4) is 0 Å². The van der Waals surface area contributed by atoms with Crippen LogP contribution in [0.2, 0.25) is 0 Å². The van der Waals surface area contributed by atoms with Crippen molar-refractivity contribution in [1.29, 1.82) is 0 Å². The van der Waals surface area contributed by atoms with E-state index in [4.69, 9.17) is 4.52 Å². The summed E-state index contributed by atoms with van der Waals surface area (Å²) in [6.45, 7) is 4.61. The van der Waals surface area contributed by atoms with Crippen molar-refractivity contribution < 1.29 is 9.32 Å². The average molecular weight is 344 g/mol. The summed E-state index contributed by atoms with van der Waals surface area (Å²) in [5, 5.41) is 4.05. The second kappa shape index (κ2) is 7.99. The zero-order valence-electron chi connectivity index (χ0n) is 14.3.